The zero-order chi connectivity index (χ0) is 19.3. The van der Waals surface area contributed by atoms with Crippen molar-refractivity contribution in [1.29, 1.82) is 0 Å². The molecule has 2 aromatic carbocycles. The lowest BCUT2D eigenvalue weighted by molar-refractivity contribution is -0.114. The quantitative estimate of drug-likeness (QED) is 0.721. The van der Waals surface area contributed by atoms with Gasteiger partial charge in [-0.1, -0.05) is 18.2 Å². The number of amides is 2. The Morgan fingerprint density at radius 1 is 1.00 bits per heavy atom. The Bertz CT molecular complexity index is 926. The number of sulfonamides is 1. The Morgan fingerprint density at radius 2 is 1.65 bits per heavy atom. The van der Waals surface area contributed by atoms with Gasteiger partial charge in [0.05, 0.1) is 12.3 Å². The van der Waals surface area contributed by atoms with Crippen LogP contribution in [0.15, 0.2) is 48.5 Å². The summed E-state index contributed by atoms with van der Waals surface area (Å²) in [7, 11) is -3.42. The van der Waals surface area contributed by atoms with Crippen LogP contribution in [0.4, 0.5) is 11.4 Å². The number of anilines is 2. The summed E-state index contributed by atoms with van der Waals surface area (Å²) in [6.45, 7) is 3.25. The van der Waals surface area contributed by atoms with Crippen molar-refractivity contribution in [3.63, 3.8) is 0 Å². The minimum absolute atomic E-state index is 0.172. The molecule has 0 radical (unpaired) electrons. The molecule has 0 aliphatic carbocycles. The fourth-order valence-electron chi connectivity index (χ4n) is 2.39. The Balaban J connectivity index is 2.12. The SMILES string of the molecule is CC(=O)Nc1cccc(C(C)NC(=O)c2cccc(NS(C)(=O)=O)c2)c1. The van der Waals surface area contributed by atoms with Gasteiger partial charge in [-0.25, -0.2) is 8.42 Å². The third kappa shape index (κ3) is 5.89. The van der Waals surface area contributed by atoms with Crippen LogP contribution >= 0.6 is 0 Å². The molecule has 8 heteroatoms. The zero-order valence-corrected chi connectivity index (χ0v) is 15.6. The van der Waals surface area contributed by atoms with Gasteiger partial charge in [0.1, 0.15) is 0 Å². The molecule has 0 saturated heterocycles. The highest BCUT2D eigenvalue weighted by Crippen LogP contribution is 2.19. The average Bonchev–Trinajstić information content (AvgIpc) is 2.53. The van der Waals surface area contributed by atoms with E-state index in [9.17, 15) is 18.0 Å². The smallest absolute Gasteiger partial charge is 0.251 e. The summed E-state index contributed by atoms with van der Waals surface area (Å²) in [5, 5.41) is 5.55. The Labute approximate surface area is 152 Å². The number of nitrogens with one attached hydrogen (secondary N) is 3. The highest BCUT2D eigenvalue weighted by atomic mass is 32.2. The van der Waals surface area contributed by atoms with Gasteiger partial charge < -0.3 is 10.6 Å². The maximum atomic E-state index is 12.5. The van der Waals surface area contributed by atoms with Crippen molar-refractivity contribution in [2.24, 2.45) is 0 Å². The molecule has 2 aromatic rings. The van der Waals surface area contributed by atoms with E-state index in [-0.39, 0.29) is 17.9 Å². The highest BCUT2D eigenvalue weighted by Gasteiger charge is 2.13. The number of carbonyl (C=O) groups excluding carboxylic acids is 2. The maximum Gasteiger partial charge on any atom is 0.251 e. The van der Waals surface area contributed by atoms with E-state index in [0.717, 1.165) is 11.8 Å². The second-order valence-corrected chi connectivity index (χ2v) is 7.71. The molecule has 0 aromatic heterocycles. The molecule has 0 aliphatic rings. The van der Waals surface area contributed by atoms with E-state index in [0.29, 0.717) is 16.9 Å². The van der Waals surface area contributed by atoms with Gasteiger partial charge >= 0.3 is 0 Å². The van der Waals surface area contributed by atoms with Gasteiger partial charge in [-0.3, -0.25) is 14.3 Å². The average molecular weight is 375 g/mol. The van der Waals surface area contributed by atoms with E-state index in [1.807, 2.05) is 13.0 Å². The molecule has 1 unspecified atom stereocenters. The Morgan fingerprint density at radius 3 is 2.31 bits per heavy atom. The minimum Gasteiger partial charge on any atom is -0.346 e. The number of benzene rings is 2. The standard InChI is InChI=1S/C18H21N3O4S/c1-12(14-6-4-8-16(10-14)20-13(2)22)19-18(23)15-7-5-9-17(11-15)21-26(3,24)25/h4-12,21H,1-3H3,(H,19,23)(H,20,22). The molecule has 0 aliphatic heterocycles. The fourth-order valence-corrected chi connectivity index (χ4v) is 2.95. The molecule has 0 fully saturated rings. The predicted molar refractivity (Wildman–Crippen MR) is 102 cm³/mol. The van der Waals surface area contributed by atoms with Crippen molar-refractivity contribution in [1.82, 2.24) is 5.32 Å². The van der Waals surface area contributed by atoms with E-state index in [2.05, 4.69) is 15.4 Å². The number of rotatable bonds is 6. The number of carbonyl (C=O) groups is 2. The fraction of sp³-hybridized carbons (Fsp3) is 0.222. The molecule has 2 amide bonds. The number of hydrogen-bond acceptors (Lipinski definition) is 4. The van der Waals surface area contributed by atoms with Crippen molar-refractivity contribution in [2.45, 2.75) is 19.9 Å². The van der Waals surface area contributed by atoms with E-state index in [1.165, 1.54) is 13.0 Å². The monoisotopic (exact) mass is 375 g/mol. The first-order chi connectivity index (χ1) is 12.1. The normalized spacial score (nSPS) is 12.1. The van der Waals surface area contributed by atoms with Crippen LogP contribution in [-0.4, -0.2) is 26.5 Å². The number of hydrogen-bond donors (Lipinski definition) is 3. The third-order valence-electron chi connectivity index (χ3n) is 3.48. The van der Waals surface area contributed by atoms with Crippen LogP contribution in [0.25, 0.3) is 0 Å². The summed E-state index contributed by atoms with van der Waals surface area (Å²) in [6.07, 6.45) is 1.05. The highest BCUT2D eigenvalue weighted by molar-refractivity contribution is 7.92. The third-order valence-corrected chi connectivity index (χ3v) is 4.09. The predicted octanol–water partition coefficient (Wildman–Crippen LogP) is 2.51. The minimum atomic E-state index is -3.42. The lowest BCUT2D eigenvalue weighted by Crippen LogP contribution is -2.26. The van der Waals surface area contributed by atoms with E-state index in [4.69, 9.17) is 0 Å². The van der Waals surface area contributed by atoms with Gasteiger partial charge in [-0.15, -0.1) is 0 Å². The molecule has 0 heterocycles. The molecule has 0 bridgehead atoms. The summed E-state index contributed by atoms with van der Waals surface area (Å²) in [6, 6.07) is 13.1. The van der Waals surface area contributed by atoms with E-state index < -0.39 is 10.0 Å². The van der Waals surface area contributed by atoms with Gasteiger partial charge in [0.15, 0.2) is 0 Å². The first-order valence-electron chi connectivity index (χ1n) is 7.90. The van der Waals surface area contributed by atoms with Gasteiger partial charge in [-0.2, -0.15) is 0 Å². The molecule has 3 N–H and O–H groups in total. The first-order valence-corrected chi connectivity index (χ1v) is 9.79. The van der Waals surface area contributed by atoms with Crippen molar-refractivity contribution in [3.8, 4) is 0 Å². The zero-order valence-electron chi connectivity index (χ0n) is 14.7. The van der Waals surface area contributed by atoms with Crippen molar-refractivity contribution >= 4 is 33.2 Å². The van der Waals surface area contributed by atoms with Crippen LogP contribution in [0.2, 0.25) is 0 Å². The van der Waals surface area contributed by atoms with E-state index >= 15 is 0 Å². The summed E-state index contributed by atoms with van der Waals surface area (Å²) < 4.78 is 25.0. The van der Waals surface area contributed by atoms with Crippen LogP contribution in [0.5, 0.6) is 0 Å². The van der Waals surface area contributed by atoms with Gasteiger partial charge in [0, 0.05) is 23.9 Å². The summed E-state index contributed by atoms with van der Waals surface area (Å²) in [5.41, 5.74) is 2.13. The molecule has 0 spiro atoms. The van der Waals surface area contributed by atoms with E-state index in [1.54, 1.807) is 36.4 Å². The van der Waals surface area contributed by atoms with Crippen molar-refractivity contribution in [2.75, 3.05) is 16.3 Å². The largest absolute Gasteiger partial charge is 0.346 e. The molecular formula is C18H21N3O4S. The second kappa shape index (κ2) is 8.01. The van der Waals surface area contributed by atoms with Crippen LogP contribution < -0.4 is 15.4 Å². The Kier molecular flexibility index (Phi) is 5.99. The maximum absolute atomic E-state index is 12.5. The summed E-state index contributed by atoms with van der Waals surface area (Å²) >= 11 is 0. The van der Waals surface area contributed by atoms with Crippen molar-refractivity contribution in [3.05, 3.63) is 59.7 Å². The van der Waals surface area contributed by atoms with Crippen LogP contribution in [0.3, 0.4) is 0 Å². The Hall–Kier alpha value is -2.87. The molecule has 138 valence electrons. The first kappa shape index (κ1) is 19.5. The van der Waals surface area contributed by atoms with Gasteiger partial charge in [0.25, 0.3) is 5.91 Å². The lowest BCUT2D eigenvalue weighted by atomic mass is 10.1. The lowest BCUT2D eigenvalue weighted by Gasteiger charge is -2.16. The van der Waals surface area contributed by atoms with Gasteiger partial charge in [0.2, 0.25) is 15.9 Å². The molecule has 26 heavy (non-hydrogen) atoms. The second-order valence-electron chi connectivity index (χ2n) is 5.96. The molecule has 0 saturated carbocycles. The topological polar surface area (TPSA) is 104 Å². The van der Waals surface area contributed by atoms with Crippen LogP contribution in [0, 0.1) is 0 Å². The van der Waals surface area contributed by atoms with Crippen molar-refractivity contribution < 1.29 is 18.0 Å². The van der Waals surface area contributed by atoms with Crippen LogP contribution in [0.1, 0.15) is 35.8 Å². The van der Waals surface area contributed by atoms with Gasteiger partial charge in [-0.05, 0) is 42.8 Å². The summed E-state index contributed by atoms with van der Waals surface area (Å²) in [4.78, 5) is 23.6. The molecule has 7 nitrogen and oxygen atoms in total. The molecular weight excluding hydrogens is 354 g/mol. The summed E-state index contributed by atoms with van der Waals surface area (Å²) in [5.74, 6) is -0.506. The molecule has 2 rings (SSSR count). The van der Waals surface area contributed by atoms with Crippen LogP contribution in [-0.2, 0) is 14.8 Å². The molecule has 1 atom stereocenters.